The lowest BCUT2D eigenvalue weighted by Gasteiger charge is -2.12. The fourth-order valence-electron chi connectivity index (χ4n) is 1.23. The van der Waals surface area contributed by atoms with Crippen LogP contribution in [0.5, 0.6) is 0 Å². The van der Waals surface area contributed by atoms with Crippen molar-refractivity contribution in [3.05, 3.63) is 23.5 Å². The highest BCUT2D eigenvalue weighted by molar-refractivity contribution is 5.77. The molecule has 0 spiro atoms. The smallest absolute Gasteiger partial charge is 0.224 e. The fourth-order valence-corrected chi connectivity index (χ4v) is 1.23. The highest BCUT2D eigenvalue weighted by Gasteiger charge is 2.06. The summed E-state index contributed by atoms with van der Waals surface area (Å²) in [6, 6.07) is 0. The van der Waals surface area contributed by atoms with Crippen molar-refractivity contribution in [2.75, 3.05) is 0 Å². The first-order valence-corrected chi connectivity index (χ1v) is 4.67. The van der Waals surface area contributed by atoms with E-state index in [4.69, 9.17) is 5.73 Å². The molecule has 1 aliphatic carbocycles. The Morgan fingerprint density at radius 2 is 2.31 bits per heavy atom. The lowest BCUT2D eigenvalue weighted by atomic mass is 10.1. The zero-order chi connectivity index (χ0) is 9.68. The Hall–Kier alpha value is -1.25. The van der Waals surface area contributed by atoms with E-state index in [2.05, 4.69) is 5.32 Å². The number of carbonyl (C=O) groups excluding carboxylic acids is 1. The summed E-state index contributed by atoms with van der Waals surface area (Å²) < 4.78 is 0. The molecule has 0 radical (unpaired) electrons. The molecule has 0 aromatic rings. The molecule has 72 valence electrons. The van der Waals surface area contributed by atoms with Crippen LogP contribution < -0.4 is 11.1 Å². The lowest BCUT2D eigenvalue weighted by molar-refractivity contribution is -0.120. The Kier molecular flexibility index (Phi) is 3.55. The molecule has 3 heteroatoms. The Morgan fingerprint density at radius 1 is 1.54 bits per heavy atom. The van der Waals surface area contributed by atoms with Crippen molar-refractivity contribution in [2.24, 2.45) is 5.73 Å². The molecule has 0 aromatic carbocycles. The first kappa shape index (κ1) is 9.84. The Morgan fingerprint density at radius 3 is 2.85 bits per heavy atom. The van der Waals surface area contributed by atoms with Crippen LogP contribution in [0.1, 0.15) is 32.6 Å². The molecule has 3 nitrogen and oxygen atoms in total. The van der Waals surface area contributed by atoms with E-state index in [1.165, 1.54) is 0 Å². The van der Waals surface area contributed by atoms with Crippen molar-refractivity contribution in [1.82, 2.24) is 5.32 Å². The number of rotatable bonds is 3. The maximum Gasteiger partial charge on any atom is 0.224 e. The topological polar surface area (TPSA) is 55.1 Å². The molecule has 1 amide bonds. The molecule has 0 saturated carbocycles. The van der Waals surface area contributed by atoms with Crippen LogP contribution in [0.4, 0.5) is 0 Å². The van der Waals surface area contributed by atoms with Crippen molar-refractivity contribution < 1.29 is 4.79 Å². The minimum Gasteiger partial charge on any atom is -0.402 e. The van der Waals surface area contributed by atoms with Gasteiger partial charge in [0.15, 0.2) is 0 Å². The first-order valence-electron chi connectivity index (χ1n) is 4.67. The second-order valence-corrected chi connectivity index (χ2v) is 3.23. The number of allylic oxidation sites excluding steroid dienone is 4. The molecular weight excluding hydrogens is 164 g/mol. The average Bonchev–Trinajstić information content (AvgIpc) is 2.09. The molecule has 0 fully saturated rings. The monoisotopic (exact) mass is 180 g/mol. The van der Waals surface area contributed by atoms with Crippen LogP contribution in [0, 0.1) is 0 Å². The van der Waals surface area contributed by atoms with Crippen LogP contribution >= 0.6 is 0 Å². The molecule has 0 unspecified atom stereocenters. The SMILES string of the molecule is CCCC(=O)NC1=CC=C(N)CC1. The van der Waals surface area contributed by atoms with Crippen LogP contribution in [0.15, 0.2) is 23.5 Å². The highest BCUT2D eigenvalue weighted by atomic mass is 16.1. The molecule has 0 saturated heterocycles. The average molecular weight is 180 g/mol. The van der Waals surface area contributed by atoms with Gasteiger partial charge in [-0.2, -0.15) is 0 Å². The van der Waals surface area contributed by atoms with Gasteiger partial charge >= 0.3 is 0 Å². The van der Waals surface area contributed by atoms with Gasteiger partial charge < -0.3 is 11.1 Å². The molecule has 13 heavy (non-hydrogen) atoms. The molecule has 0 bridgehead atoms. The van der Waals surface area contributed by atoms with Crippen molar-refractivity contribution in [2.45, 2.75) is 32.6 Å². The van der Waals surface area contributed by atoms with Gasteiger partial charge in [-0.15, -0.1) is 0 Å². The van der Waals surface area contributed by atoms with Crippen LogP contribution in [-0.2, 0) is 4.79 Å². The predicted octanol–water partition coefficient (Wildman–Crippen LogP) is 1.42. The van der Waals surface area contributed by atoms with Gasteiger partial charge in [-0.1, -0.05) is 6.92 Å². The molecule has 1 rings (SSSR count). The summed E-state index contributed by atoms with van der Waals surface area (Å²) in [5.41, 5.74) is 7.45. The van der Waals surface area contributed by atoms with Gasteiger partial charge in [0, 0.05) is 17.8 Å². The largest absolute Gasteiger partial charge is 0.402 e. The third-order valence-corrected chi connectivity index (χ3v) is 1.96. The first-order chi connectivity index (χ1) is 6.22. The zero-order valence-electron chi connectivity index (χ0n) is 7.97. The van der Waals surface area contributed by atoms with E-state index in [1.807, 2.05) is 19.1 Å². The highest BCUT2D eigenvalue weighted by Crippen LogP contribution is 2.12. The van der Waals surface area contributed by atoms with Crippen molar-refractivity contribution >= 4 is 5.91 Å². The molecule has 0 aliphatic heterocycles. The number of amides is 1. The summed E-state index contributed by atoms with van der Waals surface area (Å²) in [6.45, 7) is 1.99. The van der Waals surface area contributed by atoms with E-state index in [1.54, 1.807) is 0 Å². The molecule has 0 atom stereocenters. The van der Waals surface area contributed by atoms with Gasteiger partial charge in [0.05, 0.1) is 0 Å². The Balaban J connectivity index is 2.42. The van der Waals surface area contributed by atoms with Crippen molar-refractivity contribution in [3.8, 4) is 0 Å². The van der Waals surface area contributed by atoms with Crippen LogP contribution in [-0.4, -0.2) is 5.91 Å². The van der Waals surface area contributed by atoms with E-state index in [9.17, 15) is 4.79 Å². The van der Waals surface area contributed by atoms with E-state index < -0.39 is 0 Å². The van der Waals surface area contributed by atoms with Gasteiger partial charge in [-0.05, 0) is 31.4 Å². The summed E-state index contributed by atoms with van der Waals surface area (Å²) in [4.78, 5) is 11.2. The maximum absolute atomic E-state index is 11.2. The molecule has 3 N–H and O–H groups in total. The maximum atomic E-state index is 11.2. The van der Waals surface area contributed by atoms with Gasteiger partial charge in [0.25, 0.3) is 0 Å². The molecule has 0 heterocycles. The van der Waals surface area contributed by atoms with Crippen molar-refractivity contribution in [3.63, 3.8) is 0 Å². The van der Waals surface area contributed by atoms with E-state index in [0.29, 0.717) is 6.42 Å². The van der Waals surface area contributed by atoms with E-state index in [0.717, 1.165) is 30.7 Å². The normalized spacial score (nSPS) is 16.1. The van der Waals surface area contributed by atoms with E-state index in [-0.39, 0.29) is 5.91 Å². The number of nitrogens with two attached hydrogens (primary N) is 1. The summed E-state index contributed by atoms with van der Waals surface area (Å²) in [6.07, 6.45) is 6.90. The quantitative estimate of drug-likeness (QED) is 0.690. The summed E-state index contributed by atoms with van der Waals surface area (Å²) >= 11 is 0. The molecule has 1 aliphatic rings. The number of carbonyl (C=O) groups is 1. The lowest BCUT2D eigenvalue weighted by Crippen LogP contribution is -2.23. The van der Waals surface area contributed by atoms with E-state index >= 15 is 0 Å². The molecule has 0 aromatic heterocycles. The third-order valence-electron chi connectivity index (χ3n) is 1.96. The second kappa shape index (κ2) is 4.70. The molecular formula is C10H16N2O. The van der Waals surface area contributed by atoms with Crippen LogP contribution in [0.2, 0.25) is 0 Å². The van der Waals surface area contributed by atoms with Gasteiger partial charge in [-0.3, -0.25) is 4.79 Å². The fraction of sp³-hybridized carbons (Fsp3) is 0.500. The van der Waals surface area contributed by atoms with Gasteiger partial charge in [0.2, 0.25) is 5.91 Å². The number of nitrogens with one attached hydrogen (secondary N) is 1. The van der Waals surface area contributed by atoms with Gasteiger partial charge in [0.1, 0.15) is 0 Å². The Labute approximate surface area is 78.7 Å². The number of hydrogen-bond donors (Lipinski definition) is 2. The van der Waals surface area contributed by atoms with Crippen LogP contribution in [0.3, 0.4) is 0 Å². The minimum atomic E-state index is 0.0996. The third kappa shape index (κ3) is 3.32. The zero-order valence-corrected chi connectivity index (χ0v) is 7.97. The summed E-state index contributed by atoms with van der Waals surface area (Å²) in [5, 5.41) is 2.86. The van der Waals surface area contributed by atoms with Crippen molar-refractivity contribution in [1.29, 1.82) is 0 Å². The van der Waals surface area contributed by atoms with Gasteiger partial charge in [-0.25, -0.2) is 0 Å². The Bertz CT molecular complexity index is 254. The standard InChI is InChI=1S/C10H16N2O/c1-2-3-10(13)12-9-6-4-8(11)5-7-9/h4,6H,2-3,5,7,11H2,1H3,(H,12,13). The van der Waals surface area contributed by atoms with Crippen LogP contribution in [0.25, 0.3) is 0 Å². The summed E-state index contributed by atoms with van der Waals surface area (Å²) in [7, 11) is 0. The minimum absolute atomic E-state index is 0.0996. The summed E-state index contributed by atoms with van der Waals surface area (Å²) in [5.74, 6) is 0.0996. The second-order valence-electron chi connectivity index (χ2n) is 3.23. The predicted molar refractivity (Wildman–Crippen MR) is 52.6 cm³/mol. The number of hydrogen-bond acceptors (Lipinski definition) is 2.